The summed E-state index contributed by atoms with van der Waals surface area (Å²) in [7, 11) is 2.18. The summed E-state index contributed by atoms with van der Waals surface area (Å²) < 4.78 is 0. The lowest BCUT2D eigenvalue weighted by atomic mass is 9.80. The normalized spacial score (nSPS) is 35.4. The summed E-state index contributed by atoms with van der Waals surface area (Å²) in [6.45, 7) is 0. The van der Waals surface area contributed by atoms with Gasteiger partial charge < -0.3 is 10.0 Å². The van der Waals surface area contributed by atoms with Crippen molar-refractivity contribution in [3.63, 3.8) is 0 Å². The molecule has 0 radical (unpaired) electrons. The van der Waals surface area contributed by atoms with Crippen LogP contribution in [-0.4, -0.2) is 29.1 Å². The lowest BCUT2D eigenvalue weighted by Gasteiger charge is -2.42. The molecule has 0 aliphatic carbocycles. The molecule has 2 saturated heterocycles. The highest BCUT2D eigenvalue weighted by atomic mass is 16.3. The molecule has 1 aromatic rings. The highest BCUT2D eigenvalue weighted by Crippen LogP contribution is 2.44. The van der Waals surface area contributed by atoms with Crippen molar-refractivity contribution in [2.75, 3.05) is 7.05 Å². The van der Waals surface area contributed by atoms with E-state index in [9.17, 15) is 5.11 Å². The Hall–Kier alpha value is -1.30. The van der Waals surface area contributed by atoms with Gasteiger partial charge in [0.1, 0.15) is 0 Å². The van der Waals surface area contributed by atoms with Crippen molar-refractivity contribution < 1.29 is 5.11 Å². The van der Waals surface area contributed by atoms with E-state index in [-0.39, 0.29) is 0 Å². The first kappa shape index (κ1) is 11.8. The Morgan fingerprint density at radius 3 is 2.28 bits per heavy atom. The van der Waals surface area contributed by atoms with E-state index in [0.717, 1.165) is 24.0 Å². The molecule has 1 aromatic carbocycles. The minimum Gasteiger partial charge on any atom is -0.385 e. The maximum atomic E-state index is 10.9. The van der Waals surface area contributed by atoms with Gasteiger partial charge in [-0.15, -0.1) is 6.42 Å². The first-order chi connectivity index (χ1) is 8.62. The average Bonchev–Trinajstić information content (AvgIpc) is 2.63. The van der Waals surface area contributed by atoms with Crippen LogP contribution in [0.4, 0.5) is 0 Å². The van der Waals surface area contributed by atoms with Gasteiger partial charge in [0.05, 0.1) is 5.60 Å². The largest absolute Gasteiger partial charge is 0.385 e. The number of benzene rings is 1. The van der Waals surface area contributed by atoms with Gasteiger partial charge in [-0.05, 0) is 50.4 Å². The van der Waals surface area contributed by atoms with Crippen molar-refractivity contribution in [2.45, 2.75) is 43.4 Å². The highest BCUT2D eigenvalue weighted by molar-refractivity contribution is 5.36. The van der Waals surface area contributed by atoms with Gasteiger partial charge in [0.25, 0.3) is 0 Å². The minimum absolute atomic E-state index is 0.529. The van der Waals surface area contributed by atoms with Crippen molar-refractivity contribution in [1.29, 1.82) is 0 Å². The molecule has 0 amide bonds. The van der Waals surface area contributed by atoms with E-state index < -0.39 is 5.60 Å². The second-order valence-corrected chi connectivity index (χ2v) is 5.71. The molecular weight excluding hydrogens is 222 g/mol. The summed E-state index contributed by atoms with van der Waals surface area (Å²) >= 11 is 0. The van der Waals surface area contributed by atoms with Crippen LogP contribution in [0.5, 0.6) is 0 Å². The van der Waals surface area contributed by atoms with Gasteiger partial charge in [-0.1, -0.05) is 18.1 Å². The van der Waals surface area contributed by atoms with E-state index in [1.54, 1.807) is 0 Å². The number of hydrogen-bond donors (Lipinski definition) is 1. The molecule has 0 spiro atoms. The third kappa shape index (κ3) is 1.75. The first-order valence-corrected chi connectivity index (χ1v) is 6.64. The van der Waals surface area contributed by atoms with Crippen LogP contribution >= 0.6 is 0 Å². The zero-order valence-electron chi connectivity index (χ0n) is 10.8. The van der Waals surface area contributed by atoms with E-state index in [4.69, 9.17) is 6.42 Å². The fraction of sp³-hybridized carbons (Fsp3) is 0.500. The smallest absolute Gasteiger partial charge is 0.0926 e. The Morgan fingerprint density at radius 1 is 1.22 bits per heavy atom. The SMILES string of the molecule is C#Cc1ccc(C2(O)CC3CCC(C2)N3C)cc1. The van der Waals surface area contributed by atoms with Crippen molar-refractivity contribution in [3.05, 3.63) is 35.4 Å². The molecule has 2 aliphatic heterocycles. The van der Waals surface area contributed by atoms with Crippen molar-refractivity contribution >= 4 is 0 Å². The first-order valence-electron chi connectivity index (χ1n) is 6.64. The standard InChI is InChI=1S/C16H19NO/c1-3-12-4-6-13(7-5-12)16(18)10-14-8-9-15(11-16)17(14)2/h1,4-7,14-15,18H,8-11H2,2H3. The van der Waals surface area contributed by atoms with Gasteiger partial charge in [0.15, 0.2) is 0 Å². The summed E-state index contributed by atoms with van der Waals surface area (Å²) in [6, 6.07) is 8.88. The molecule has 2 unspecified atom stereocenters. The van der Waals surface area contributed by atoms with Crippen LogP contribution in [0.15, 0.2) is 24.3 Å². The van der Waals surface area contributed by atoms with Gasteiger partial charge >= 0.3 is 0 Å². The second kappa shape index (κ2) is 4.12. The Morgan fingerprint density at radius 2 is 1.78 bits per heavy atom. The van der Waals surface area contributed by atoms with E-state index in [1.165, 1.54) is 12.8 Å². The molecule has 2 nitrogen and oxygen atoms in total. The molecule has 2 fully saturated rings. The lowest BCUT2D eigenvalue weighted by molar-refractivity contribution is -0.0493. The number of rotatable bonds is 1. The quantitative estimate of drug-likeness (QED) is 0.761. The predicted molar refractivity (Wildman–Crippen MR) is 72.1 cm³/mol. The number of piperidine rings is 1. The highest BCUT2D eigenvalue weighted by Gasteiger charge is 2.46. The molecule has 0 aromatic heterocycles. The van der Waals surface area contributed by atoms with Crippen LogP contribution in [0, 0.1) is 12.3 Å². The fourth-order valence-corrected chi connectivity index (χ4v) is 3.56. The topological polar surface area (TPSA) is 23.5 Å². The van der Waals surface area contributed by atoms with Gasteiger partial charge in [0, 0.05) is 17.6 Å². The molecule has 2 atom stereocenters. The van der Waals surface area contributed by atoms with E-state index in [2.05, 4.69) is 17.9 Å². The molecule has 2 aliphatic rings. The molecule has 0 saturated carbocycles. The third-order valence-electron chi connectivity index (χ3n) is 4.72. The van der Waals surface area contributed by atoms with E-state index in [0.29, 0.717) is 12.1 Å². The maximum absolute atomic E-state index is 10.9. The Bertz CT molecular complexity index is 471. The predicted octanol–water partition coefficient (Wildman–Crippen LogP) is 2.11. The van der Waals surface area contributed by atoms with Gasteiger partial charge in [-0.2, -0.15) is 0 Å². The number of hydrogen-bond acceptors (Lipinski definition) is 2. The van der Waals surface area contributed by atoms with Crippen LogP contribution in [-0.2, 0) is 5.60 Å². The number of terminal acetylenes is 1. The van der Waals surface area contributed by atoms with Crippen LogP contribution in [0.1, 0.15) is 36.8 Å². The molecule has 2 heteroatoms. The molecule has 2 bridgehead atoms. The van der Waals surface area contributed by atoms with E-state index >= 15 is 0 Å². The monoisotopic (exact) mass is 241 g/mol. The molecule has 94 valence electrons. The van der Waals surface area contributed by atoms with Crippen molar-refractivity contribution in [2.24, 2.45) is 0 Å². The zero-order chi connectivity index (χ0) is 12.8. The fourth-order valence-electron chi connectivity index (χ4n) is 3.56. The lowest BCUT2D eigenvalue weighted by Crippen LogP contribution is -2.47. The Balaban J connectivity index is 1.89. The second-order valence-electron chi connectivity index (χ2n) is 5.71. The zero-order valence-corrected chi connectivity index (χ0v) is 10.8. The van der Waals surface area contributed by atoms with Crippen LogP contribution in [0.2, 0.25) is 0 Å². The molecule has 3 rings (SSSR count). The summed E-state index contributed by atoms with van der Waals surface area (Å²) in [5.41, 5.74) is 1.23. The van der Waals surface area contributed by atoms with Crippen molar-refractivity contribution in [3.8, 4) is 12.3 Å². The average molecular weight is 241 g/mol. The third-order valence-corrected chi connectivity index (χ3v) is 4.72. The van der Waals surface area contributed by atoms with Gasteiger partial charge in [-0.3, -0.25) is 0 Å². The number of aliphatic hydroxyl groups is 1. The van der Waals surface area contributed by atoms with Crippen LogP contribution in [0.25, 0.3) is 0 Å². The molecule has 1 N–H and O–H groups in total. The number of nitrogens with zero attached hydrogens (tertiary/aromatic N) is 1. The van der Waals surface area contributed by atoms with Crippen LogP contribution < -0.4 is 0 Å². The van der Waals surface area contributed by atoms with E-state index in [1.807, 2.05) is 24.3 Å². The summed E-state index contributed by atoms with van der Waals surface area (Å²) in [4.78, 5) is 2.43. The summed E-state index contributed by atoms with van der Waals surface area (Å²) in [5.74, 6) is 2.62. The maximum Gasteiger partial charge on any atom is 0.0926 e. The number of fused-ring (bicyclic) bond motifs is 2. The minimum atomic E-state index is -0.661. The summed E-state index contributed by atoms with van der Waals surface area (Å²) in [5, 5.41) is 10.9. The molecule has 18 heavy (non-hydrogen) atoms. The Labute approximate surface area is 109 Å². The Kier molecular flexibility index (Phi) is 2.69. The van der Waals surface area contributed by atoms with Crippen LogP contribution in [0.3, 0.4) is 0 Å². The molecule has 2 heterocycles. The molecular formula is C16H19NO. The van der Waals surface area contributed by atoms with Gasteiger partial charge in [0.2, 0.25) is 0 Å². The van der Waals surface area contributed by atoms with Gasteiger partial charge in [-0.25, -0.2) is 0 Å². The summed E-state index contributed by atoms with van der Waals surface area (Å²) in [6.07, 6.45) is 9.48. The van der Waals surface area contributed by atoms with Crippen molar-refractivity contribution in [1.82, 2.24) is 4.90 Å².